The maximum Gasteiger partial charge on any atom is 0.162 e. The largest absolute Gasteiger partial charge is 0.493 e. The van der Waals surface area contributed by atoms with E-state index >= 15 is 0 Å². The van der Waals surface area contributed by atoms with Gasteiger partial charge >= 0.3 is 0 Å². The van der Waals surface area contributed by atoms with Crippen LogP contribution < -0.4 is 19.9 Å². The fourth-order valence-corrected chi connectivity index (χ4v) is 2.36. The van der Waals surface area contributed by atoms with E-state index in [0.717, 1.165) is 28.8 Å². The van der Waals surface area contributed by atoms with E-state index in [1.54, 1.807) is 20.4 Å². The second kappa shape index (κ2) is 6.07. The molecule has 2 aromatic rings. The third kappa shape index (κ3) is 2.76. The highest BCUT2D eigenvalue weighted by Crippen LogP contribution is 2.36. The summed E-state index contributed by atoms with van der Waals surface area (Å²) >= 11 is 0. The molecule has 5 heteroatoms. The summed E-state index contributed by atoms with van der Waals surface area (Å²) < 4.78 is 16.6. The zero-order valence-electron chi connectivity index (χ0n) is 12.6. The van der Waals surface area contributed by atoms with Crippen molar-refractivity contribution < 1.29 is 14.2 Å². The molecule has 1 heterocycles. The van der Waals surface area contributed by atoms with Crippen molar-refractivity contribution in [2.75, 3.05) is 14.2 Å². The molecule has 3 rings (SSSR count). The molecule has 1 aliphatic carbocycles. The van der Waals surface area contributed by atoms with Crippen LogP contribution in [0.4, 0.5) is 0 Å². The summed E-state index contributed by atoms with van der Waals surface area (Å²) in [5.74, 6) is 2.78. The SMILES string of the molecule is COc1cc2nccc(OC3=CC[C@H](N)C=C3)c2cc1OC. The molecule has 0 aliphatic heterocycles. The summed E-state index contributed by atoms with van der Waals surface area (Å²) in [6, 6.07) is 5.60. The molecule has 1 aromatic carbocycles. The molecule has 1 aromatic heterocycles. The summed E-state index contributed by atoms with van der Waals surface area (Å²) in [6.07, 6.45) is 8.29. The zero-order chi connectivity index (χ0) is 15.5. The molecule has 1 aliphatic rings. The van der Waals surface area contributed by atoms with Crippen LogP contribution in [0.3, 0.4) is 0 Å². The minimum absolute atomic E-state index is 0.0610. The first-order chi connectivity index (χ1) is 10.7. The van der Waals surface area contributed by atoms with Crippen molar-refractivity contribution >= 4 is 10.9 Å². The van der Waals surface area contributed by atoms with Gasteiger partial charge in [-0.1, -0.05) is 6.08 Å². The fourth-order valence-electron chi connectivity index (χ4n) is 2.36. The number of nitrogens with zero attached hydrogens (tertiary/aromatic N) is 1. The number of fused-ring (bicyclic) bond motifs is 1. The van der Waals surface area contributed by atoms with E-state index < -0.39 is 0 Å². The van der Waals surface area contributed by atoms with Crippen molar-refractivity contribution in [1.82, 2.24) is 4.98 Å². The Bertz CT molecular complexity index is 753. The van der Waals surface area contributed by atoms with E-state index in [9.17, 15) is 0 Å². The van der Waals surface area contributed by atoms with Gasteiger partial charge in [-0.3, -0.25) is 4.98 Å². The Hall–Kier alpha value is -2.53. The number of aromatic nitrogens is 1. The van der Waals surface area contributed by atoms with Gasteiger partial charge in [-0.15, -0.1) is 0 Å². The average Bonchev–Trinajstić information content (AvgIpc) is 2.56. The third-order valence-electron chi connectivity index (χ3n) is 3.53. The van der Waals surface area contributed by atoms with Crippen molar-refractivity contribution in [3.8, 4) is 17.2 Å². The molecule has 0 saturated carbocycles. The van der Waals surface area contributed by atoms with E-state index in [-0.39, 0.29) is 6.04 Å². The van der Waals surface area contributed by atoms with Crippen molar-refractivity contribution in [1.29, 1.82) is 0 Å². The molecule has 0 radical (unpaired) electrons. The lowest BCUT2D eigenvalue weighted by Gasteiger charge is -2.15. The van der Waals surface area contributed by atoms with Crippen LogP contribution in [0, 0.1) is 0 Å². The lowest BCUT2D eigenvalue weighted by Crippen LogP contribution is -2.18. The highest BCUT2D eigenvalue weighted by atomic mass is 16.5. The Morgan fingerprint density at radius 3 is 2.59 bits per heavy atom. The number of benzene rings is 1. The predicted molar refractivity (Wildman–Crippen MR) is 85.3 cm³/mol. The second-order valence-electron chi connectivity index (χ2n) is 5.00. The summed E-state index contributed by atoms with van der Waals surface area (Å²) in [5.41, 5.74) is 6.61. The van der Waals surface area contributed by atoms with Crippen molar-refractivity contribution in [2.24, 2.45) is 5.73 Å². The van der Waals surface area contributed by atoms with Crippen LogP contribution >= 0.6 is 0 Å². The van der Waals surface area contributed by atoms with Crippen molar-refractivity contribution in [3.63, 3.8) is 0 Å². The fraction of sp³-hybridized carbons (Fsp3) is 0.235. The lowest BCUT2D eigenvalue weighted by molar-refractivity contribution is 0.355. The monoisotopic (exact) mass is 298 g/mol. The summed E-state index contributed by atoms with van der Waals surface area (Å²) in [5, 5.41) is 0.865. The minimum atomic E-state index is 0.0610. The molecule has 114 valence electrons. The molecule has 0 amide bonds. The van der Waals surface area contributed by atoms with Gasteiger partial charge in [0.2, 0.25) is 0 Å². The van der Waals surface area contributed by atoms with Crippen molar-refractivity contribution in [3.05, 3.63) is 48.4 Å². The third-order valence-corrected chi connectivity index (χ3v) is 3.53. The molecule has 0 bridgehead atoms. The van der Waals surface area contributed by atoms with Crippen molar-refractivity contribution in [2.45, 2.75) is 12.5 Å². The Kier molecular flexibility index (Phi) is 3.98. The Labute approximate surface area is 129 Å². The van der Waals surface area contributed by atoms with E-state index in [1.807, 2.05) is 36.4 Å². The second-order valence-corrected chi connectivity index (χ2v) is 5.00. The van der Waals surface area contributed by atoms with E-state index in [4.69, 9.17) is 19.9 Å². The van der Waals surface area contributed by atoms with Gasteiger partial charge in [-0.05, 0) is 30.7 Å². The predicted octanol–water partition coefficient (Wildman–Crippen LogP) is 2.80. The number of pyridine rings is 1. The zero-order valence-corrected chi connectivity index (χ0v) is 12.6. The van der Waals surface area contributed by atoms with E-state index in [1.165, 1.54) is 0 Å². The number of ether oxygens (including phenoxy) is 3. The molecule has 5 nitrogen and oxygen atoms in total. The van der Waals surface area contributed by atoms with Crippen LogP contribution in [0.2, 0.25) is 0 Å². The topological polar surface area (TPSA) is 66.6 Å². The molecule has 0 fully saturated rings. The highest BCUT2D eigenvalue weighted by molar-refractivity contribution is 5.88. The summed E-state index contributed by atoms with van der Waals surface area (Å²) in [6.45, 7) is 0. The molecule has 1 atom stereocenters. The van der Waals surface area contributed by atoms with Crippen LogP contribution in [0.25, 0.3) is 10.9 Å². The summed E-state index contributed by atoms with van der Waals surface area (Å²) in [4.78, 5) is 4.36. The summed E-state index contributed by atoms with van der Waals surface area (Å²) in [7, 11) is 3.21. The average molecular weight is 298 g/mol. The number of methoxy groups -OCH3 is 2. The van der Waals surface area contributed by atoms with Gasteiger partial charge in [0.15, 0.2) is 11.5 Å². The van der Waals surface area contributed by atoms with Gasteiger partial charge in [-0.25, -0.2) is 0 Å². The van der Waals surface area contributed by atoms with E-state index in [2.05, 4.69) is 4.98 Å². The van der Waals surface area contributed by atoms with Gasteiger partial charge in [0.1, 0.15) is 11.5 Å². The Balaban J connectivity index is 2.01. The molecule has 0 unspecified atom stereocenters. The van der Waals surface area contributed by atoms with E-state index in [0.29, 0.717) is 11.5 Å². The van der Waals surface area contributed by atoms with Crippen LogP contribution in [0.15, 0.2) is 48.4 Å². The molecule has 0 spiro atoms. The number of hydrogen-bond acceptors (Lipinski definition) is 5. The number of nitrogens with two attached hydrogens (primary N) is 1. The normalized spacial score (nSPS) is 17.2. The van der Waals surface area contributed by atoms with Gasteiger partial charge in [0.05, 0.1) is 19.7 Å². The van der Waals surface area contributed by atoms with Gasteiger partial charge in [0.25, 0.3) is 0 Å². The van der Waals surface area contributed by atoms with Gasteiger partial charge < -0.3 is 19.9 Å². The number of allylic oxidation sites excluding steroid dienone is 1. The maximum atomic E-state index is 5.97. The molecule has 22 heavy (non-hydrogen) atoms. The first kappa shape index (κ1) is 14.4. The number of rotatable bonds is 4. The van der Waals surface area contributed by atoms with Gasteiger partial charge in [0, 0.05) is 23.7 Å². The van der Waals surface area contributed by atoms with Crippen LogP contribution in [-0.4, -0.2) is 25.2 Å². The maximum absolute atomic E-state index is 5.97. The van der Waals surface area contributed by atoms with Gasteiger partial charge in [-0.2, -0.15) is 0 Å². The quantitative estimate of drug-likeness (QED) is 0.940. The van der Waals surface area contributed by atoms with Crippen LogP contribution in [0.1, 0.15) is 6.42 Å². The van der Waals surface area contributed by atoms with Crippen LogP contribution in [0.5, 0.6) is 17.2 Å². The lowest BCUT2D eigenvalue weighted by atomic mass is 10.1. The molecule has 2 N–H and O–H groups in total. The highest BCUT2D eigenvalue weighted by Gasteiger charge is 2.12. The Morgan fingerprint density at radius 2 is 1.91 bits per heavy atom. The first-order valence-corrected chi connectivity index (χ1v) is 7.04. The Morgan fingerprint density at radius 1 is 1.14 bits per heavy atom. The molecule has 0 saturated heterocycles. The standard InChI is InChI=1S/C17H18N2O3/c1-20-16-9-13-14(10-17(16)21-2)19-8-7-15(13)22-12-5-3-11(18)4-6-12/h3,5-11H,4,18H2,1-2H3/t11-/m1/s1. The smallest absolute Gasteiger partial charge is 0.162 e. The molecular weight excluding hydrogens is 280 g/mol. The first-order valence-electron chi connectivity index (χ1n) is 7.04. The number of hydrogen-bond donors (Lipinski definition) is 1. The van der Waals surface area contributed by atoms with Crippen LogP contribution in [-0.2, 0) is 0 Å². The minimum Gasteiger partial charge on any atom is -0.493 e. The molecular formula is C17H18N2O3.